The van der Waals surface area contributed by atoms with Crippen molar-refractivity contribution < 1.29 is 14.1 Å². The van der Waals surface area contributed by atoms with E-state index in [-0.39, 0.29) is 11.9 Å². The van der Waals surface area contributed by atoms with Crippen molar-refractivity contribution in [1.29, 1.82) is 0 Å². The first kappa shape index (κ1) is 14.9. The molecular weight excluding hydrogens is 276 g/mol. The molecule has 0 saturated carbocycles. The van der Waals surface area contributed by atoms with Crippen molar-refractivity contribution in [2.45, 2.75) is 25.3 Å². The van der Waals surface area contributed by atoms with Gasteiger partial charge in [-0.05, 0) is 17.7 Å². The van der Waals surface area contributed by atoms with Crippen LogP contribution in [-0.2, 0) is 11.2 Å². The summed E-state index contributed by atoms with van der Waals surface area (Å²) in [5, 5.41) is 3.08. The number of quaternary nitrogens is 1. The molecule has 2 aromatic rings. The molecule has 0 bridgehead atoms. The minimum absolute atomic E-state index is 0.0707. The van der Waals surface area contributed by atoms with Gasteiger partial charge in [-0.25, -0.2) is 0 Å². The molecule has 22 heavy (non-hydrogen) atoms. The van der Waals surface area contributed by atoms with Gasteiger partial charge in [0, 0.05) is 12.8 Å². The summed E-state index contributed by atoms with van der Waals surface area (Å²) >= 11 is 0. The van der Waals surface area contributed by atoms with Crippen LogP contribution >= 0.6 is 0 Å². The van der Waals surface area contributed by atoms with Crippen LogP contribution in [0, 0.1) is 0 Å². The lowest BCUT2D eigenvalue weighted by molar-refractivity contribution is -0.919. The van der Waals surface area contributed by atoms with E-state index in [1.165, 1.54) is 17.7 Å². The Bertz CT molecular complexity index is 574. The number of benzene rings is 1. The van der Waals surface area contributed by atoms with Crippen molar-refractivity contribution in [3.63, 3.8) is 0 Å². The molecule has 1 aliphatic heterocycles. The van der Waals surface area contributed by atoms with E-state index in [0.717, 1.165) is 24.4 Å². The normalized spacial score (nSPS) is 16.5. The van der Waals surface area contributed by atoms with Gasteiger partial charge in [-0.2, -0.15) is 0 Å². The second kappa shape index (κ2) is 7.27. The van der Waals surface area contributed by atoms with E-state index in [4.69, 9.17) is 4.42 Å². The Hall–Kier alpha value is -2.07. The molecule has 1 amide bonds. The number of rotatable bonds is 6. The zero-order chi connectivity index (χ0) is 15.2. The van der Waals surface area contributed by atoms with E-state index in [2.05, 4.69) is 5.32 Å². The molecule has 0 aliphatic carbocycles. The van der Waals surface area contributed by atoms with Crippen LogP contribution in [0.2, 0.25) is 0 Å². The van der Waals surface area contributed by atoms with Crippen molar-refractivity contribution in [2.24, 2.45) is 0 Å². The maximum atomic E-state index is 12.2. The van der Waals surface area contributed by atoms with Gasteiger partial charge in [0.1, 0.15) is 0 Å². The fourth-order valence-corrected chi connectivity index (χ4v) is 3.17. The number of amides is 1. The van der Waals surface area contributed by atoms with Crippen LogP contribution in [0.4, 0.5) is 0 Å². The predicted molar refractivity (Wildman–Crippen MR) is 84.5 cm³/mol. The summed E-state index contributed by atoms with van der Waals surface area (Å²) in [5.41, 5.74) is 1.04. The molecule has 0 unspecified atom stereocenters. The van der Waals surface area contributed by atoms with Crippen LogP contribution < -0.4 is 10.2 Å². The average molecular weight is 299 g/mol. The van der Waals surface area contributed by atoms with Gasteiger partial charge in [0.2, 0.25) is 5.91 Å². The van der Waals surface area contributed by atoms with E-state index in [0.29, 0.717) is 13.0 Å². The number of hydrogen-bond donors (Lipinski definition) is 2. The molecule has 0 radical (unpaired) electrons. The van der Waals surface area contributed by atoms with Gasteiger partial charge in [-0.1, -0.05) is 30.3 Å². The van der Waals surface area contributed by atoms with Crippen LogP contribution in [0.1, 0.15) is 30.2 Å². The molecule has 1 saturated heterocycles. The van der Waals surface area contributed by atoms with Gasteiger partial charge < -0.3 is 14.6 Å². The molecule has 1 aromatic carbocycles. The van der Waals surface area contributed by atoms with E-state index in [1.807, 2.05) is 42.5 Å². The zero-order valence-corrected chi connectivity index (χ0v) is 12.8. The third-order valence-electron chi connectivity index (χ3n) is 4.34. The van der Waals surface area contributed by atoms with E-state index in [1.54, 1.807) is 6.26 Å². The van der Waals surface area contributed by atoms with Crippen molar-refractivity contribution in [3.05, 3.63) is 60.1 Å². The second-order valence-corrected chi connectivity index (χ2v) is 5.90. The standard InChI is InChI=1S/C18H22N2O2/c21-18(13-15-7-2-1-3-8-15)19-14-16(17-9-6-12-22-17)20-10-4-5-11-20/h1-3,6-9,12,16H,4-5,10-11,13-14H2,(H,19,21)/p+1/t16-/m1/s1. The zero-order valence-electron chi connectivity index (χ0n) is 12.8. The molecule has 0 spiro atoms. The summed E-state index contributed by atoms with van der Waals surface area (Å²) in [6, 6.07) is 14.0. The Morgan fingerprint density at radius 3 is 2.59 bits per heavy atom. The molecule has 1 atom stereocenters. The highest BCUT2D eigenvalue weighted by molar-refractivity contribution is 5.78. The third kappa shape index (κ3) is 3.77. The highest BCUT2D eigenvalue weighted by Gasteiger charge is 2.29. The number of likely N-dealkylation sites (tertiary alicyclic amines) is 1. The number of carbonyl (C=O) groups excluding carboxylic acids is 1. The Kier molecular flexibility index (Phi) is 4.91. The summed E-state index contributed by atoms with van der Waals surface area (Å²) < 4.78 is 5.59. The summed E-state index contributed by atoms with van der Waals surface area (Å²) in [6.07, 6.45) is 4.65. The van der Waals surface area contributed by atoms with Gasteiger partial charge in [-0.3, -0.25) is 4.79 Å². The smallest absolute Gasteiger partial charge is 0.224 e. The van der Waals surface area contributed by atoms with E-state index >= 15 is 0 Å². The first-order valence-corrected chi connectivity index (χ1v) is 8.01. The van der Waals surface area contributed by atoms with Gasteiger partial charge in [0.15, 0.2) is 11.8 Å². The minimum Gasteiger partial charge on any atom is -0.463 e. The van der Waals surface area contributed by atoms with Crippen LogP contribution in [0.3, 0.4) is 0 Å². The molecule has 1 fully saturated rings. The summed E-state index contributed by atoms with van der Waals surface area (Å²) in [7, 11) is 0. The second-order valence-electron chi connectivity index (χ2n) is 5.90. The third-order valence-corrected chi connectivity index (χ3v) is 4.34. The molecule has 2 heterocycles. The Labute approximate surface area is 131 Å². The fraction of sp³-hybridized carbons (Fsp3) is 0.389. The highest BCUT2D eigenvalue weighted by Crippen LogP contribution is 2.11. The van der Waals surface area contributed by atoms with Crippen LogP contribution in [-0.4, -0.2) is 25.5 Å². The van der Waals surface area contributed by atoms with Crippen LogP contribution in [0.25, 0.3) is 0 Å². The largest absolute Gasteiger partial charge is 0.463 e. The van der Waals surface area contributed by atoms with Crippen LogP contribution in [0.5, 0.6) is 0 Å². The van der Waals surface area contributed by atoms with Crippen molar-refractivity contribution in [2.75, 3.05) is 19.6 Å². The topological polar surface area (TPSA) is 46.7 Å². The first-order chi connectivity index (χ1) is 10.8. The van der Waals surface area contributed by atoms with Crippen molar-refractivity contribution >= 4 is 5.91 Å². The lowest BCUT2D eigenvalue weighted by Gasteiger charge is -2.23. The van der Waals surface area contributed by atoms with E-state index < -0.39 is 0 Å². The maximum Gasteiger partial charge on any atom is 0.224 e. The summed E-state index contributed by atoms with van der Waals surface area (Å²) in [4.78, 5) is 13.7. The lowest BCUT2D eigenvalue weighted by atomic mass is 10.1. The Balaban J connectivity index is 1.58. The molecular formula is C18H23N2O2+. The van der Waals surface area contributed by atoms with Gasteiger partial charge >= 0.3 is 0 Å². The quantitative estimate of drug-likeness (QED) is 0.846. The molecule has 1 aromatic heterocycles. The predicted octanol–water partition coefficient (Wildman–Crippen LogP) is 1.36. The van der Waals surface area contributed by atoms with Gasteiger partial charge in [0.25, 0.3) is 0 Å². The molecule has 1 aliphatic rings. The summed E-state index contributed by atoms with van der Waals surface area (Å²) in [5.74, 6) is 1.04. The molecule has 116 valence electrons. The van der Waals surface area contributed by atoms with Crippen molar-refractivity contribution in [1.82, 2.24) is 5.32 Å². The Morgan fingerprint density at radius 1 is 1.14 bits per heavy atom. The lowest BCUT2D eigenvalue weighted by Crippen LogP contribution is -3.11. The Morgan fingerprint density at radius 2 is 1.91 bits per heavy atom. The minimum atomic E-state index is 0.0707. The monoisotopic (exact) mass is 299 g/mol. The van der Waals surface area contributed by atoms with Gasteiger partial charge in [-0.15, -0.1) is 0 Å². The molecule has 3 rings (SSSR count). The molecule has 4 nitrogen and oxygen atoms in total. The number of furan rings is 1. The van der Waals surface area contributed by atoms with Gasteiger partial charge in [0.05, 0.1) is 32.3 Å². The number of hydrogen-bond acceptors (Lipinski definition) is 2. The maximum absolute atomic E-state index is 12.2. The number of carbonyl (C=O) groups is 1. The highest BCUT2D eigenvalue weighted by atomic mass is 16.3. The summed E-state index contributed by atoms with van der Waals surface area (Å²) in [6.45, 7) is 2.94. The SMILES string of the molecule is O=C(Cc1ccccc1)NC[C@H](c1ccco1)[NH+]1CCCC1. The van der Waals surface area contributed by atoms with E-state index in [9.17, 15) is 4.79 Å². The number of nitrogens with one attached hydrogen (secondary N) is 2. The molecule has 2 N–H and O–H groups in total. The average Bonchev–Trinajstić information content (AvgIpc) is 3.22. The van der Waals surface area contributed by atoms with Crippen LogP contribution in [0.15, 0.2) is 53.1 Å². The fourth-order valence-electron chi connectivity index (χ4n) is 3.17. The van der Waals surface area contributed by atoms with Crippen molar-refractivity contribution in [3.8, 4) is 0 Å². The first-order valence-electron chi connectivity index (χ1n) is 8.01. The molecule has 4 heteroatoms.